The molecule has 0 aliphatic carbocycles. The van der Waals surface area contributed by atoms with Gasteiger partial charge in [-0.15, -0.1) is 0 Å². The van der Waals surface area contributed by atoms with Crippen molar-refractivity contribution in [3.8, 4) is 11.3 Å². The van der Waals surface area contributed by atoms with Crippen LogP contribution < -0.4 is 10.6 Å². The molecule has 0 saturated heterocycles. The van der Waals surface area contributed by atoms with Crippen molar-refractivity contribution in [2.45, 2.75) is 26.3 Å². The van der Waals surface area contributed by atoms with Crippen LogP contribution in [-0.2, 0) is 0 Å². The highest BCUT2D eigenvalue weighted by Crippen LogP contribution is 2.29. The Hall–Kier alpha value is -2.66. The van der Waals surface area contributed by atoms with Crippen LogP contribution in [0.1, 0.15) is 20.3 Å². The predicted octanol–water partition coefficient (Wildman–Crippen LogP) is 5.89. The maximum absolute atomic E-state index is 14.1. The third-order valence-electron chi connectivity index (χ3n) is 4.00. The van der Waals surface area contributed by atoms with Crippen LogP contribution in [0.5, 0.6) is 0 Å². The summed E-state index contributed by atoms with van der Waals surface area (Å²) in [7, 11) is 0. The van der Waals surface area contributed by atoms with Crippen LogP contribution >= 0.6 is 11.6 Å². The molecule has 3 rings (SSSR count). The molecule has 0 amide bonds. The van der Waals surface area contributed by atoms with E-state index >= 15 is 0 Å². The normalized spacial score (nSPS) is 11.8. The third kappa shape index (κ3) is 4.29. The molecule has 0 spiro atoms. The zero-order valence-electron chi connectivity index (χ0n) is 14.6. The summed E-state index contributed by atoms with van der Waals surface area (Å²) in [6.45, 7) is 4.14. The number of anilines is 3. The minimum atomic E-state index is -0.436. The van der Waals surface area contributed by atoms with Crippen LogP contribution in [0.25, 0.3) is 11.3 Å². The second-order valence-electron chi connectivity index (χ2n) is 6.00. The maximum atomic E-state index is 14.1. The van der Waals surface area contributed by atoms with E-state index in [1.165, 1.54) is 6.07 Å². The van der Waals surface area contributed by atoms with Gasteiger partial charge < -0.3 is 10.6 Å². The first kappa shape index (κ1) is 18.1. The minimum absolute atomic E-state index is 0.196. The number of hydrogen-bond acceptors (Lipinski definition) is 4. The number of aromatic nitrogens is 2. The average molecular weight is 371 g/mol. The fourth-order valence-electron chi connectivity index (χ4n) is 2.40. The van der Waals surface area contributed by atoms with Gasteiger partial charge in [0.2, 0.25) is 5.95 Å². The Labute approximate surface area is 157 Å². The van der Waals surface area contributed by atoms with Gasteiger partial charge >= 0.3 is 0 Å². The number of halogens is 2. The van der Waals surface area contributed by atoms with E-state index in [1.807, 2.05) is 30.3 Å². The van der Waals surface area contributed by atoms with Crippen molar-refractivity contribution >= 4 is 29.1 Å². The fourth-order valence-corrected chi connectivity index (χ4v) is 2.61. The molecule has 1 atom stereocenters. The first-order chi connectivity index (χ1) is 12.6. The fraction of sp³-hybridized carbons (Fsp3) is 0.200. The molecule has 3 aromatic rings. The van der Waals surface area contributed by atoms with E-state index in [9.17, 15) is 4.39 Å². The molecule has 4 nitrogen and oxygen atoms in total. The standard InChI is InChI=1S/C20H20ClFN4/c1-3-13(2)23-20-24-17(14-8-5-4-6-9-14)12-18(26-20)25-19-15(21)10-7-11-16(19)22/h4-13H,3H2,1-2H3,(H2,23,24,25,26)/t13-/m1/s1. The van der Waals surface area contributed by atoms with E-state index in [-0.39, 0.29) is 11.7 Å². The summed E-state index contributed by atoms with van der Waals surface area (Å²) >= 11 is 6.12. The van der Waals surface area contributed by atoms with Crippen LogP contribution in [0.2, 0.25) is 5.02 Å². The minimum Gasteiger partial charge on any atom is -0.352 e. The van der Waals surface area contributed by atoms with Crippen LogP contribution in [-0.4, -0.2) is 16.0 Å². The first-order valence-corrected chi connectivity index (χ1v) is 8.86. The van der Waals surface area contributed by atoms with Crippen molar-refractivity contribution in [1.29, 1.82) is 0 Å². The lowest BCUT2D eigenvalue weighted by Crippen LogP contribution is -2.16. The van der Waals surface area contributed by atoms with Crippen molar-refractivity contribution < 1.29 is 4.39 Å². The molecule has 2 aromatic carbocycles. The summed E-state index contributed by atoms with van der Waals surface area (Å²) in [5.41, 5.74) is 1.88. The summed E-state index contributed by atoms with van der Waals surface area (Å²) < 4.78 is 14.1. The summed E-state index contributed by atoms with van der Waals surface area (Å²) in [6.07, 6.45) is 0.931. The number of nitrogens with one attached hydrogen (secondary N) is 2. The molecule has 0 aliphatic rings. The van der Waals surface area contributed by atoms with E-state index < -0.39 is 5.82 Å². The van der Waals surface area contributed by atoms with Gasteiger partial charge in [0.25, 0.3) is 0 Å². The van der Waals surface area contributed by atoms with Gasteiger partial charge in [0.15, 0.2) is 0 Å². The molecule has 0 radical (unpaired) electrons. The number of nitrogens with zero attached hydrogens (tertiary/aromatic N) is 2. The maximum Gasteiger partial charge on any atom is 0.225 e. The van der Waals surface area contributed by atoms with Crippen molar-refractivity contribution in [2.24, 2.45) is 0 Å². The lowest BCUT2D eigenvalue weighted by molar-refractivity contribution is 0.632. The van der Waals surface area contributed by atoms with E-state index in [0.717, 1.165) is 17.7 Å². The summed E-state index contributed by atoms with van der Waals surface area (Å²) in [5.74, 6) is 0.515. The lowest BCUT2D eigenvalue weighted by Gasteiger charge is -2.15. The zero-order valence-corrected chi connectivity index (χ0v) is 15.4. The zero-order chi connectivity index (χ0) is 18.5. The number of para-hydroxylation sites is 1. The molecule has 0 bridgehead atoms. The first-order valence-electron chi connectivity index (χ1n) is 8.49. The molecule has 0 saturated carbocycles. The molecule has 26 heavy (non-hydrogen) atoms. The Balaban J connectivity index is 2.02. The molecule has 1 heterocycles. The van der Waals surface area contributed by atoms with E-state index in [1.54, 1.807) is 18.2 Å². The monoisotopic (exact) mass is 370 g/mol. The summed E-state index contributed by atoms with van der Waals surface area (Å²) in [5, 5.41) is 6.55. The Morgan fingerprint density at radius 2 is 1.85 bits per heavy atom. The van der Waals surface area contributed by atoms with Crippen LogP contribution in [0.3, 0.4) is 0 Å². The van der Waals surface area contributed by atoms with Crippen molar-refractivity contribution in [3.63, 3.8) is 0 Å². The molecule has 1 aromatic heterocycles. The van der Waals surface area contributed by atoms with Gasteiger partial charge in [0, 0.05) is 17.7 Å². The summed E-state index contributed by atoms with van der Waals surface area (Å²) in [6, 6.07) is 16.3. The highest BCUT2D eigenvalue weighted by Gasteiger charge is 2.12. The Morgan fingerprint density at radius 1 is 1.08 bits per heavy atom. The molecule has 0 aliphatic heterocycles. The third-order valence-corrected chi connectivity index (χ3v) is 4.31. The van der Waals surface area contributed by atoms with Gasteiger partial charge in [-0.05, 0) is 25.5 Å². The molecular formula is C20H20ClFN4. The average Bonchev–Trinajstić information content (AvgIpc) is 2.65. The van der Waals surface area contributed by atoms with Gasteiger partial charge in [-0.3, -0.25) is 0 Å². The van der Waals surface area contributed by atoms with Crippen LogP contribution in [0.4, 0.5) is 21.8 Å². The lowest BCUT2D eigenvalue weighted by atomic mass is 10.1. The molecule has 6 heteroatoms. The molecule has 0 unspecified atom stereocenters. The van der Waals surface area contributed by atoms with Gasteiger partial charge in [0.05, 0.1) is 16.4 Å². The Bertz CT molecular complexity index is 866. The smallest absolute Gasteiger partial charge is 0.225 e. The van der Waals surface area contributed by atoms with E-state index in [4.69, 9.17) is 11.6 Å². The van der Waals surface area contributed by atoms with Crippen molar-refractivity contribution in [2.75, 3.05) is 10.6 Å². The van der Waals surface area contributed by atoms with Crippen LogP contribution in [0, 0.1) is 5.82 Å². The topological polar surface area (TPSA) is 49.8 Å². The van der Waals surface area contributed by atoms with Gasteiger partial charge in [-0.25, -0.2) is 9.37 Å². The van der Waals surface area contributed by atoms with Crippen molar-refractivity contribution in [3.05, 3.63) is 65.4 Å². The van der Waals surface area contributed by atoms with Gasteiger partial charge in [0.1, 0.15) is 11.6 Å². The molecule has 2 N–H and O–H groups in total. The number of hydrogen-bond donors (Lipinski definition) is 2. The highest BCUT2D eigenvalue weighted by molar-refractivity contribution is 6.33. The molecule has 0 fully saturated rings. The SMILES string of the molecule is CC[C@@H](C)Nc1nc(Nc2c(F)cccc2Cl)cc(-c2ccccc2)n1. The summed E-state index contributed by atoms with van der Waals surface area (Å²) in [4.78, 5) is 9.05. The second kappa shape index (κ2) is 8.15. The highest BCUT2D eigenvalue weighted by atomic mass is 35.5. The largest absolute Gasteiger partial charge is 0.352 e. The Kier molecular flexibility index (Phi) is 5.68. The predicted molar refractivity (Wildman–Crippen MR) is 106 cm³/mol. The Morgan fingerprint density at radius 3 is 2.54 bits per heavy atom. The second-order valence-corrected chi connectivity index (χ2v) is 6.41. The van der Waals surface area contributed by atoms with E-state index in [2.05, 4.69) is 34.4 Å². The van der Waals surface area contributed by atoms with Gasteiger partial charge in [-0.2, -0.15) is 4.98 Å². The molecule has 134 valence electrons. The van der Waals surface area contributed by atoms with E-state index in [0.29, 0.717) is 16.8 Å². The van der Waals surface area contributed by atoms with Crippen LogP contribution in [0.15, 0.2) is 54.6 Å². The molecular weight excluding hydrogens is 351 g/mol. The van der Waals surface area contributed by atoms with Crippen molar-refractivity contribution in [1.82, 2.24) is 9.97 Å². The quantitative estimate of drug-likeness (QED) is 0.568. The number of rotatable bonds is 6. The van der Waals surface area contributed by atoms with Gasteiger partial charge in [-0.1, -0.05) is 54.9 Å². The number of benzene rings is 2.